The van der Waals surface area contributed by atoms with Crippen LogP contribution in [0, 0.1) is 6.92 Å². The Labute approximate surface area is 263 Å². The van der Waals surface area contributed by atoms with E-state index >= 15 is 0 Å². The van der Waals surface area contributed by atoms with Crippen molar-refractivity contribution >= 4 is 28.0 Å². The molecule has 45 heavy (non-hydrogen) atoms. The number of fused-ring (bicyclic) bond motifs is 2. The molecule has 0 saturated carbocycles. The van der Waals surface area contributed by atoms with E-state index < -0.39 is 5.97 Å². The first kappa shape index (κ1) is 30.2. The molecule has 1 aliphatic rings. The number of piperazine rings is 1. The van der Waals surface area contributed by atoms with Crippen molar-refractivity contribution in [1.82, 2.24) is 29.7 Å². The van der Waals surface area contributed by atoms with Crippen LogP contribution in [-0.4, -0.2) is 56.4 Å². The zero-order valence-electron chi connectivity index (χ0n) is 26.2. The van der Waals surface area contributed by atoms with E-state index in [2.05, 4.69) is 71.0 Å². The number of para-hydroxylation sites is 2. The summed E-state index contributed by atoms with van der Waals surface area (Å²) in [5.74, 6) is 1.08. The molecule has 0 atom stereocenters. The van der Waals surface area contributed by atoms with Gasteiger partial charge in [-0.05, 0) is 65.9 Å². The summed E-state index contributed by atoms with van der Waals surface area (Å²) in [4.78, 5) is 21.7. The Morgan fingerprint density at radius 2 is 1.53 bits per heavy atom. The molecule has 1 saturated heterocycles. The molecule has 0 unspecified atom stereocenters. The van der Waals surface area contributed by atoms with E-state index in [-0.39, 0.29) is 0 Å². The molecule has 0 bridgehead atoms. The number of carboxylic acids is 1. The Hall–Kier alpha value is -4.79. The lowest BCUT2D eigenvalue weighted by Gasteiger charge is -2.12. The number of nitrogens with zero attached hydrogens (tertiary/aromatic N) is 4. The molecular weight excluding hydrogens is 560 g/mol. The Kier molecular flexibility index (Phi) is 9.05. The summed E-state index contributed by atoms with van der Waals surface area (Å²) in [5, 5.41) is 16.0. The first-order chi connectivity index (χ1) is 21.9. The highest BCUT2D eigenvalue weighted by Gasteiger charge is 2.17. The van der Waals surface area contributed by atoms with Crippen LogP contribution in [0.15, 0.2) is 84.9 Å². The predicted octanol–water partition coefficient (Wildman–Crippen LogP) is 6.44. The van der Waals surface area contributed by atoms with Gasteiger partial charge in [0, 0.05) is 51.8 Å². The van der Waals surface area contributed by atoms with Crippen LogP contribution in [0.1, 0.15) is 40.7 Å². The van der Waals surface area contributed by atoms with Crippen LogP contribution >= 0.6 is 0 Å². The molecule has 2 aromatic heterocycles. The molecule has 1 aliphatic heterocycles. The lowest BCUT2D eigenvalue weighted by atomic mass is 9.98. The third-order valence-electron chi connectivity index (χ3n) is 8.36. The zero-order valence-corrected chi connectivity index (χ0v) is 26.2. The van der Waals surface area contributed by atoms with Gasteiger partial charge in [0.1, 0.15) is 11.6 Å². The van der Waals surface area contributed by atoms with Crippen molar-refractivity contribution in [1.29, 1.82) is 0 Å². The van der Waals surface area contributed by atoms with Crippen LogP contribution < -0.4 is 10.6 Å². The Bertz CT molecular complexity index is 1940. The van der Waals surface area contributed by atoms with Crippen LogP contribution in [0.25, 0.3) is 44.6 Å². The summed E-state index contributed by atoms with van der Waals surface area (Å²) in [6.07, 6.45) is 1.89. The summed E-state index contributed by atoms with van der Waals surface area (Å²) < 4.78 is 4.47. The number of hydrogen-bond acceptors (Lipinski definition) is 5. The summed E-state index contributed by atoms with van der Waals surface area (Å²) >= 11 is 0. The normalized spacial score (nSPS) is 13.1. The number of carboxylic acid groups (broad SMARTS) is 1. The average Bonchev–Trinajstić information content (AvgIpc) is 3.60. The van der Waals surface area contributed by atoms with Gasteiger partial charge >= 0.3 is 5.97 Å². The van der Waals surface area contributed by atoms with Gasteiger partial charge in [-0.15, -0.1) is 0 Å². The highest BCUT2D eigenvalue weighted by atomic mass is 16.4. The van der Waals surface area contributed by atoms with Crippen LogP contribution in [0.5, 0.6) is 0 Å². The van der Waals surface area contributed by atoms with Gasteiger partial charge in [-0.3, -0.25) is 0 Å². The maximum atomic E-state index is 11.7. The molecule has 4 aromatic carbocycles. The molecule has 1 fully saturated rings. The second-order valence-corrected chi connectivity index (χ2v) is 11.6. The lowest BCUT2D eigenvalue weighted by molar-refractivity contribution is 0.0697. The molecule has 0 radical (unpaired) electrons. The van der Waals surface area contributed by atoms with E-state index in [1.807, 2.05) is 42.5 Å². The van der Waals surface area contributed by atoms with E-state index in [9.17, 15) is 9.90 Å². The molecule has 8 nitrogen and oxygen atoms in total. The van der Waals surface area contributed by atoms with Crippen molar-refractivity contribution in [3.63, 3.8) is 0 Å². The molecule has 3 N–H and O–H groups in total. The van der Waals surface area contributed by atoms with Gasteiger partial charge in [-0.1, -0.05) is 61.5 Å². The second-order valence-electron chi connectivity index (χ2n) is 11.6. The highest BCUT2D eigenvalue weighted by molar-refractivity contribution is 5.96. The van der Waals surface area contributed by atoms with Crippen LogP contribution in [-0.2, 0) is 20.0 Å². The minimum Gasteiger partial charge on any atom is -0.478 e. The summed E-state index contributed by atoms with van der Waals surface area (Å²) in [5.41, 5.74) is 9.46. The van der Waals surface area contributed by atoms with E-state index in [0.29, 0.717) is 12.1 Å². The van der Waals surface area contributed by atoms with Gasteiger partial charge in [-0.2, -0.15) is 0 Å². The number of rotatable bonds is 7. The van der Waals surface area contributed by atoms with Crippen LogP contribution in [0.4, 0.5) is 0 Å². The monoisotopic (exact) mass is 600 g/mol. The van der Waals surface area contributed by atoms with E-state index in [1.165, 1.54) is 0 Å². The third-order valence-corrected chi connectivity index (χ3v) is 8.36. The SMILES string of the molecule is C1CNCCN1.CCCc1nc2c(C)cc(-c3nc4ccccc4n3C)cc2n1Cc1ccc(-c2ccccc2C(=O)O)cc1. The molecule has 7 rings (SSSR count). The second kappa shape index (κ2) is 13.5. The minimum atomic E-state index is -0.921. The number of aryl methyl sites for hydroxylation is 3. The van der Waals surface area contributed by atoms with Crippen molar-refractivity contribution in [2.24, 2.45) is 7.05 Å². The number of hydrogen-bond donors (Lipinski definition) is 3. The first-order valence-electron chi connectivity index (χ1n) is 15.7. The van der Waals surface area contributed by atoms with Gasteiger partial charge in [0.05, 0.1) is 27.6 Å². The molecule has 0 spiro atoms. The predicted molar refractivity (Wildman–Crippen MR) is 182 cm³/mol. The Morgan fingerprint density at radius 3 is 2.20 bits per heavy atom. The fourth-order valence-corrected chi connectivity index (χ4v) is 6.06. The molecule has 0 aliphatic carbocycles. The topological polar surface area (TPSA) is 97.0 Å². The molecule has 3 heterocycles. The number of aromatic nitrogens is 4. The molecule has 230 valence electrons. The van der Waals surface area contributed by atoms with E-state index in [4.69, 9.17) is 9.97 Å². The third kappa shape index (κ3) is 6.38. The highest BCUT2D eigenvalue weighted by Crippen LogP contribution is 2.31. The Balaban J connectivity index is 0.000000535. The van der Waals surface area contributed by atoms with Gasteiger partial charge in [0.25, 0.3) is 0 Å². The molecule has 0 amide bonds. The fourth-order valence-electron chi connectivity index (χ4n) is 6.06. The maximum absolute atomic E-state index is 11.7. The van der Waals surface area contributed by atoms with E-state index in [0.717, 1.165) is 101 Å². The van der Waals surface area contributed by atoms with Gasteiger partial charge < -0.3 is 24.9 Å². The van der Waals surface area contributed by atoms with Crippen molar-refractivity contribution in [2.45, 2.75) is 33.2 Å². The van der Waals surface area contributed by atoms with Gasteiger partial charge in [-0.25, -0.2) is 14.8 Å². The molecule has 6 aromatic rings. The maximum Gasteiger partial charge on any atom is 0.336 e. The zero-order chi connectivity index (χ0) is 31.3. The van der Waals surface area contributed by atoms with Crippen molar-refractivity contribution in [2.75, 3.05) is 26.2 Å². The van der Waals surface area contributed by atoms with Crippen LogP contribution in [0.2, 0.25) is 0 Å². The van der Waals surface area contributed by atoms with Crippen LogP contribution in [0.3, 0.4) is 0 Å². The largest absolute Gasteiger partial charge is 0.478 e. The summed E-state index contributed by atoms with van der Waals surface area (Å²) in [6.45, 7) is 9.53. The summed E-state index contributed by atoms with van der Waals surface area (Å²) in [6, 6.07) is 27.9. The number of nitrogens with one attached hydrogen (secondary N) is 2. The number of aromatic carboxylic acids is 1. The van der Waals surface area contributed by atoms with Crippen molar-refractivity contribution < 1.29 is 9.90 Å². The average molecular weight is 601 g/mol. The minimum absolute atomic E-state index is 0.307. The van der Waals surface area contributed by atoms with Gasteiger partial charge in [0.2, 0.25) is 0 Å². The Morgan fingerprint density at radius 1 is 0.844 bits per heavy atom. The first-order valence-corrected chi connectivity index (χ1v) is 15.7. The van der Waals surface area contributed by atoms with Crippen molar-refractivity contribution in [3.05, 3.63) is 107 Å². The standard InChI is InChI=1S/C33H30N4O2.C4H10N2/c1-4-9-30-35-31-21(2)18-24(32-34-27-12-7-8-13-28(27)36(32)3)19-29(31)37(30)20-22-14-16-23(17-15-22)25-10-5-6-11-26(25)33(38)39;1-2-6-4-3-5-1/h5-8,10-19H,4,9,20H2,1-3H3,(H,38,39);5-6H,1-4H2. The molecular formula is C37H40N6O2. The van der Waals surface area contributed by atoms with E-state index in [1.54, 1.807) is 12.1 Å². The number of carbonyl (C=O) groups is 1. The lowest BCUT2D eigenvalue weighted by Crippen LogP contribution is -2.39. The van der Waals surface area contributed by atoms with Crippen molar-refractivity contribution in [3.8, 4) is 22.5 Å². The van der Waals surface area contributed by atoms with Gasteiger partial charge in [0.15, 0.2) is 0 Å². The molecule has 8 heteroatoms. The smallest absolute Gasteiger partial charge is 0.336 e. The fraction of sp³-hybridized carbons (Fsp3) is 0.270. The number of benzene rings is 4. The quantitative estimate of drug-likeness (QED) is 0.195. The number of imidazole rings is 2. The summed E-state index contributed by atoms with van der Waals surface area (Å²) in [7, 11) is 2.06.